The minimum atomic E-state index is -5.03. The van der Waals surface area contributed by atoms with Crippen LogP contribution in [0.3, 0.4) is 0 Å². The van der Waals surface area contributed by atoms with Gasteiger partial charge in [0.1, 0.15) is 37.2 Å². The monoisotopic (exact) mass is 611 g/mol. The van der Waals surface area contributed by atoms with E-state index in [0.717, 1.165) is 11.6 Å². The second kappa shape index (κ2) is 12.7. The SMILES string of the molecule is CC(C)C[C@@H](NC(=O)OCc1ccccc1)C(=O)Oc1ccc2c(=O)c(-c3ccc4c(c3)OCCO4)c(C(F)(F)F)oc2c1. The number of hydrogen-bond acceptors (Lipinski definition) is 8. The number of rotatable bonds is 8. The van der Waals surface area contributed by atoms with E-state index < -0.39 is 46.6 Å². The number of esters is 1. The highest BCUT2D eigenvalue weighted by Crippen LogP contribution is 2.40. The number of ether oxygens (including phenoxy) is 4. The van der Waals surface area contributed by atoms with Gasteiger partial charge in [0.15, 0.2) is 11.5 Å². The fourth-order valence-electron chi connectivity index (χ4n) is 4.68. The Morgan fingerprint density at radius 2 is 1.68 bits per heavy atom. The maximum absolute atomic E-state index is 14.2. The number of amides is 1. The zero-order valence-corrected chi connectivity index (χ0v) is 23.7. The first-order valence-corrected chi connectivity index (χ1v) is 13.8. The van der Waals surface area contributed by atoms with E-state index in [1.165, 1.54) is 30.3 Å². The van der Waals surface area contributed by atoms with Gasteiger partial charge in [-0.15, -0.1) is 0 Å². The molecular formula is C32H28F3NO8. The van der Waals surface area contributed by atoms with Crippen molar-refractivity contribution in [3.05, 3.63) is 88.3 Å². The molecule has 9 nitrogen and oxygen atoms in total. The first-order chi connectivity index (χ1) is 21.0. The van der Waals surface area contributed by atoms with Gasteiger partial charge in [-0.3, -0.25) is 4.79 Å². The molecule has 44 heavy (non-hydrogen) atoms. The van der Waals surface area contributed by atoms with Crippen molar-refractivity contribution in [3.8, 4) is 28.4 Å². The highest BCUT2D eigenvalue weighted by atomic mass is 19.4. The first kappa shape index (κ1) is 30.5. The van der Waals surface area contributed by atoms with Crippen molar-refractivity contribution in [2.24, 2.45) is 5.92 Å². The van der Waals surface area contributed by atoms with E-state index in [1.807, 2.05) is 19.9 Å². The summed E-state index contributed by atoms with van der Waals surface area (Å²) < 4.78 is 69.3. The second-order valence-electron chi connectivity index (χ2n) is 10.5. The Hall–Kier alpha value is -5.00. The van der Waals surface area contributed by atoms with Gasteiger partial charge >= 0.3 is 18.2 Å². The normalized spacial score (nSPS) is 13.4. The van der Waals surface area contributed by atoms with Crippen LogP contribution in [0.1, 0.15) is 31.6 Å². The molecular weight excluding hydrogens is 583 g/mol. The largest absolute Gasteiger partial charge is 0.486 e. The van der Waals surface area contributed by atoms with Crippen LogP contribution in [0, 0.1) is 5.92 Å². The van der Waals surface area contributed by atoms with Crippen LogP contribution in [0.25, 0.3) is 22.1 Å². The molecule has 0 bridgehead atoms. The number of carbonyl (C=O) groups is 2. The lowest BCUT2D eigenvalue weighted by Gasteiger charge is -2.20. The first-order valence-electron chi connectivity index (χ1n) is 13.8. The quantitative estimate of drug-likeness (QED) is 0.178. The minimum Gasteiger partial charge on any atom is -0.486 e. The molecule has 12 heteroatoms. The number of hydrogen-bond donors (Lipinski definition) is 1. The molecule has 0 unspecified atom stereocenters. The zero-order valence-electron chi connectivity index (χ0n) is 23.7. The standard InChI is InChI=1S/C32H28F3NO8/c1-18(2)14-23(36-31(39)42-17-19-6-4-3-5-7-19)30(38)43-21-9-10-22-25(16-21)44-29(32(33,34)35)27(28(22)37)20-8-11-24-26(15-20)41-13-12-40-24/h3-11,15-16,18,23H,12-14,17H2,1-2H3,(H,36,39)/t23-/m1/s1. The average molecular weight is 612 g/mol. The van der Waals surface area contributed by atoms with Crippen LogP contribution in [0.15, 0.2) is 75.9 Å². The average Bonchev–Trinajstić information content (AvgIpc) is 2.99. The van der Waals surface area contributed by atoms with E-state index in [2.05, 4.69) is 5.32 Å². The summed E-state index contributed by atoms with van der Waals surface area (Å²) >= 11 is 0. The van der Waals surface area contributed by atoms with Crippen molar-refractivity contribution < 1.29 is 46.1 Å². The topological polar surface area (TPSA) is 113 Å². The second-order valence-corrected chi connectivity index (χ2v) is 10.5. The van der Waals surface area contributed by atoms with Gasteiger partial charge in [0, 0.05) is 6.07 Å². The van der Waals surface area contributed by atoms with Crippen molar-refractivity contribution >= 4 is 23.0 Å². The van der Waals surface area contributed by atoms with Crippen molar-refractivity contribution in [2.45, 2.75) is 39.1 Å². The third-order valence-electron chi connectivity index (χ3n) is 6.67. The number of halogens is 3. The lowest BCUT2D eigenvalue weighted by atomic mass is 10.0. The van der Waals surface area contributed by atoms with Crippen molar-refractivity contribution in [2.75, 3.05) is 13.2 Å². The van der Waals surface area contributed by atoms with Crippen molar-refractivity contribution in [1.29, 1.82) is 0 Å². The number of fused-ring (bicyclic) bond motifs is 2. The Bertz CT molecular complexity index is 1730. The Morgan fingerprint density at radius 1 is 0.955 bits per heavy atom. The van der Waals surface area contributed by atoms with Crippen LogP contribution in [0.2, 0.25) is 0 Å². The van der Waals surface area contributed by atoms with Crippen LogP contribution in [-0.2, 0) is 22.3 Å². The molecule has 0 saturated heterocycles. The van der Waals surface area contributed by atoms with Gasteiger partial charge in [-0.05, 0) is 47.7 Å². The molecule has 3 aromatic carbocycles. The lowest BCUT2D eigenvalue weighted by molar-refractivity contribution is -0.152. The highest BCUT2D eigenvalue weighted by molar-refractivity contribution is 5.87. The summed E-state index contributed by atoms with van der Waals surface area (Å²) in [4.78, 5) is 38.9. The molecule has 1 atom stereocenters. The number of nitrogens with one attached hydrogen (secondary N) is 1. The summed E-state index contributed by atoms with van der Waals surface area (Å²) in [7, 11) is 0. The summed E-state index contributed by atoms with van der Waals surface area (Å²) in [6.07, 6.45) is -5.68. The molecule has 1 amide bonds. The Balaban J connectivity index is 1.40. The molecule has 0 aliphatic carbocycles. The number of alkyl halides is 3. The van der Waals surface area contributed by atoms with Gasteiger partial charge in [0.2, 0.25) is 11.2 Å². The smallest absolute Gasteiger partial charge is 0.450 e. The summed E-state index contributed by atoms with van der Waals surface area (Å²) in [6.45, 7) is 4.14. The van der Waals surface area contributed by atoms with E-state index in [4.69, 9.17) is 23.4 Å². The van der Waals surface area contributed by atoms with E-state index >= 15 is 0 Å². The van der Waals surface area contributed by atoms with Crippen LogP contribution in [0.4, 0.5) is 18.0 Å². The van der Waals surface area contributed by atoms with E-state index in [9.17, 15) is 27.6 Å². The molecule has 1 aliphatic rings. The summed E-state index contributed by atoms with van der Waals surface area (Å²) in [5.41, 5.74) is -1.38. The van der Waals surface area contributed by atoms with Gasteiger partial charge in [-0.2, -0.15) is 13.2 Å². The van der Waals surface area contributed by atoms with Crippen molar-refractivity contribution in [1.82, 2.24) is 5.32 Å². The highest BCUT2D eigenvalue weighted by Gasteiger charge is 2.40. The van der Waals surface area contributed by atoms with E-state index in [1.54, 1.807) is 24.3 Å². The molecule has 5 rings (SSSR count). The maximum Gasteiger partial charge on any atom is 0.450 e. The maximum atomic E-state index is 14.2. The summed E-state index contributed by atoms with van der Waals surface area (Å²) in [5, 5.41) is 2.32. The minimum absolute atomic E-state index is 0.0182. The van der Waals surface area contributed by atoms with Gasteiger partial charge in [-0.25, -0.2) is 9.59 Å². The molecule has 4 aromatic rings. The van der Waals surface area contributed by atoms with Crippen molar-refractivity contribution in [3.63, 3.8) is 0 Å². The molecule has 2 heterocycles. The van der Waals surface area contributed by atoms with Gasteiger partial charge in [-0.1, -0.05) is 50.2 Å². The molecule has 1 aliphatic heterocycles. The van der Waals surface area contributed by atoms with Crippen LogP contribution in [-0.4, -0.2) is 31.3 Å². The predicted octanol–water partition coefficient (Wildman–Crippen LogP) is 6.50. The molecule has 0 fully saturated rings. The predicted molar refractivity (Wildman–Crippen MR) is 153 cm³/mol. The number of benzene rings is 3. The summed E-state index contributed by atoms with van der Waals surface area (Å²) in [6, 6.07) is 15.4. The third-order valence-corrected chi connectivity index (χ3v) is 6.67. The molecule has 230 valence electrons. The molecule has 0 radical (unpaired) electrons. The summed E-state index contributed by atoms with van der Waals surface area (Å²) in [5.74, 6) is -2.06. The van der Waals surface area contributed by atoms with Crippen LogP contribution in [0.5, 0.6) is 17.2 Å². The number of carbonyl (C=O) groups excluding carboxylic acids is 2. The molecule has 1 N–H and O–H groups in total. The molecule has 0 saturated carbocycles. The fourth-order valence-corrected chi connectivity index (χ4v) is 4.68. The number of alkyl carbamates (subject to hydrolysis) is 1. The van der Waals surface area contributed by atoms with Crippen LogP contribution < -0.4 is 25.0 Å². The van der Waals surface area contributed by atoms with Crippen LogP contribution >= 0.6 is 0 Å². The zero-order chi connectivity index (χ0) is 31.4. The third kappa shape index (κ3) is 6.96. The van der Waals surface area contributed by atoms with E-state index in [-0.39, 0.29) is 54.6 Å². The Morgan fingerprint density at radius 3 is 2.39 bits per heavy atom. The molecule has 0 spiro atoms. The van der Waals surface area contributed by atoms with Gasteiger partial charge in [0.05, 0.1) is 10.9 Å². The van der Waals surface area contributed by atoms with Gasteiger partial charge in [0.25, 0.3) is 0 Å². The Labute approximate surface area is 249 Å². The fraction of sp³-hybridized carbons (Fsp3) is 0.281. The van der Waals surface area contributed by atoms with E-state index in [0.29, 0.717) is 5.75 Å². The molecule has 1 aromatic heterocycles. The van der Waals surface area contributed by atoms with Gasteiger partial charge < -0.3 is 28.7 Å². The Kier molecular flexibility index (Phi) is 8.79. The lowest BCUT2D eigenvalue weighted by Crippen LogP contribution is -2.44.